The monoisotopic (exact) mass is 280 g/mol. The number of carbonyl (C=O) groups excluding carboxylic acids is 2. The number of amides is 2. The number of rotatable bonds is 2. The lowest BCUT2D eigenvalue weighted by molar-refractivity contribution is -0.141. The lowest BCUT2D eigenvalue weighted by atomic mass is 9.79. The third-order valence-corrected chi connectivity index (χ3v) is 5.03. The first-order chi connectivity index (χ1) is 9.35. The molecule has 2 amide bonds. The average molecular weight is 280 g/mol. The van der Waals surface area contributed by atoms with E-state index < -0.39 is 5.54 Å². The van der Waals surface area contributed by atoms with Crippen LogP contribution in [0, 0.1) is 11.8 Å². The van der Waals surface area contributed by atoms with E-state index in [-0.39, 0.29) is 11.8 Å². The summed E-state index contributed by atoms with van der Waals surface area (Å²) < 4.78 is 0. The highest BCUT2D eigenvalue weighted by atomic mass is 16.2. The summed E-state index contributed by atoms with van der Waals surface area (Å²) in [4.78, 5) is 26.7. The van der Waals surface area contributed by atoms with Crippen LogP contribution in [0.3, 0.4) is 0 Å². The average Bonchev–Trinajstić information content (AvgIpc) is 2.47. The molecule has 1 saturated carbocycles. The second kappa shape index (κ2) is 5.74. The molecular weight excluding hydrogens is 252 g/mol. The van der Waals surface area contributed by atoms with E-state index >= 15 is 0 Å². The maximum atomic E-state index is 12.9. The SMILES string of the molecule is CCC1(C)NC(=O)CCN(C2CC(C)CC(C)C2)C1=O. The number of nitrogens with one attached hydrogen (secondary N) is 1. The van der Waals surface area contributed by atoms with Gasteiger partial charge in [-0.25, -0.2) is 0 Å². The Morgan fingerprint density at radius 1 is 1.20 bits per heavy atom. The topological polar surface area (TPSA) is 49.4 Å². The molecule has 1 aliphatic heterocycles. The first-order valence-corrected chi connectivity index (χ1v) is 7.97. The van der Waals surface area contributed by atoms with E-state index in [0.717, 1.165) is 12.8 Å². The molecule has 1 saturated heterocycles. The third-order valence-electron chi connectivity index (χ3n) is 5.03. The van der Waals surface area contributed by atoms with Gasteiger partial charge < -0.3 is 10.2 Å². The highest BCUT2D eigenvalue weighted by molar-refractivity contribution is 5.93. The molecule has 4 nitrogen and oxygen atoms in total. The quantitative estimate of drug-likeness (QED) is 0.844. The van der Waals surface area contributed by atoms with Crippen molar-refractivity contribution in [3.63, 3.8) is 0 Å². The van der Waals surface area contributed by atoms with Crippen molar-refractivity contribution in [2.45, 2.75) is 71.4 Å². The second-order valence-electron chi connectivity index (χ2n) is 7.05. The summed E-state index contributed by atoms with van der Waals surface area (Å²) in [6.45, 7) is 8.94. The molecule has 3 unspecified atom stereocenters. The zero-order valence-electron chi connectivity index (χ0n) is 13.2. The summed E-state index contributed by atoms with van der Waals surface area (Å²) in [6, 6.07) is 0.305. The minimum absolute atomic E-state index is 0.00195. The van der Waals surface area contributed by atoms with Gasteiger partial charge in [-0.2, -0.15) is 0 Å². The van der Waals surface area contributed by atoms with Crippen LogP contribution in [-0.4, -0.2) is 34.8 Å². The van der Waals surface area contributed by atoms with Crippen LogP contribution in [0.4, 0.5) is 0 Å². The van der Waals surface area contributed by atoms with Crippen LogP contribution < -0.4 is 5.32 Å². The molecule has 1 N–H and O–H groups in total. The Morgan fingerprint density at radius 3 is 2.35 bits per heavy atom. The van der Waals surface area contributed by atoms with E-state index in [2.05, 4.69) is 19.2 Å². The van der Waals surface area contributed by atoms with Crippen molar-refractivity contribution in [1.82, 2.24) is 10.2 Å². The van der Waals surface area contributed by atoms with E-state index in [1.165, 1.54) is 6.42 Å². The van der Waals surface area contributed by atoms with Crippen molar-refractivity contribution in [1.29, 1.82) is 0 Å². The Labute approximate surface area is 122 Å². The highest BCUT2D eigenvalue weighted by Crippen LogP contribution is 2.33. The second-order valence-corrected chi connectivity index (χ2v) is 7.05. The van der Waals surface area contributed by atoms with Gasteiger partial charge in [0.15, 0.2) is 0 Å². The largest absolute Gasteiger partial charge is 0.342 e. The Morgan fingerprint density at radius 2 is 1.80 bits per heavy atom. The molecule has 2 aliphatic rings. The number of hydrogen-bond donors (Lipinski definition) is 1. The molecule has 2 fully saturated rings. The number of carbonyl (C=O) groups is 2. The summed E-state index contributed by atoms with van der Waals surface area (Å²) >= 11 is 0. The molecule has 4 heteroatoms. The van der Waals surface area contributed by atoms with Gasteiger partial charge in [0.1, 0.15) is 5.54 Å². The molecule has 2 rings (SSSR count). The molecule has 0 radical (unpaired) electrons. The van der Waals surface area contributed by atoms with Crippen LogP contribution in [0.5, 0.6) is 0 Å². The van der Waals surface area contributed by atoms with E-state index in [0.29, 0.717) is 37.3 Å². The van der Waals surface area contributed by atoms with Gasteiger partial charge in [0.2, 0.25) is 11.8 Å². The molecule has 1 aliphatic carbocycles. The lowest BCUT2D eigenvalue weighted by Crippen LogP contribution is -2.57. The van der Waals surface area contributed by atoms with Crippen molar-refractivity contribution >= 4 is 11.8 Å². The van der Waals surface area contributed by atoms with Gasteiger partial charge in [-0.05, 0) is 44.4 Å². The van der Waals surface area contributed by atoms with E-state index in [1.807, 2.05) is 18.7 Å². The Kier molecular flexibility index (Phi) is 4.40. The fraction of sp³-hybridized carbons (Fsp3) is 0.875. The fourth-order valence-electron chi connectivity index (χ4n) is 3.81. The summed E-state index contributed by atoms with van der Waals surface area (Å²) in [7, 11) is 0. The number of nitrogens with zero attached hydrogens (tertiary/aromatic N) is 1. The van der Waals surface area contributed by atoms with Crippen LogP contribution in [-0.2, 0) is 9.59 Å². The first kappa shape index (κ1) is 15.3. The summed E-state index contributed by atoms with van der Waals surface area (Å²) in [5, 5.41) is 2.92. The van der Waals surface area contributed by atoms with Crippen LogP contribution in [0.15, 0.2) is 0 Å². The zero-order chi connectivity index (χ0) is 14.9. The van der Waals surface area contributed by atoms with Crippen molar-refractivity contribution in [3.05, 3.63) is 0 Å². The Balaban J connectivity index is 2.21. The summed E-state index contributed by atoms with van der Waals surface area (Å²) in [5.74, 6) is 1.44. The van der Waals surface area contributed by atoms with E-state index in [9.17, 15) is 9.59 Å². The molecular formula is C16H28N2O2. The summed E-state index contributed by atoms with van der Waals surface area (Å²) in [6.07, 6.45) is 4.47. The van der Waals surface area contributed by atoms with Crippen LogP contribution >= 0.6 is 0 Å². The third kappa shape index (κ3) is 2.99. The van der Waals surface area contributed by atoms with Crippen LogP contribution in [0.2, 0.25) is 0 Å². The maximum absolute atomic E-state index is 12.9. The fourth-order valence-corrected chi connectivity index (χ4v) is 3.81. The lowest BCUT2D eigenvalue weighted by Gasteiger charge is -2.41. The minimum Gasteiger partial charge on any atom is -0.342 e. The predicted molar refractivity (Wildman–Crippen MR) is 79.1 cm³/mol. The normalized spacial score (nSPS) is 39.4. The predicted octanol–water partition coefficient (Wildman–Crippen LogP) is 2.33. The molecule has 0 aromatic rings. The van der Waals surface area contributed by atoms with E-state index in [4.69, 9.17) is 0 Å². The van der Waals surface area contributed by atoms with Gasteiger partial charge in [0.05, 0.1) is 0 Å². The standard InChI is InChI=1S/C16H28N2O2/c1-5-16(4)15(20)18(7-6-14(19)17-16)13-9-11(2)8-12(3)10-13/h11-13H,5-10H2,1-4H3,(H,17,19). The van der Waals surface area contributed by atoms with Crippen LogP contribution in [0.1, 0.15) is 59.8 Å². The van der Waals surface area contributed by atoms with Crippen molar-refractivity contribution in [2.75, 3.05) is 6.54 Å². The van der Waals surface area contributed by atoms with Gasteiger partial charge in [-0.15, -0.1) is 0 Å². The van der Waals surface area contributed by atoms with Crippen molar-refractivity contribution in [3.8, 4) is 0 Å². The molecule has 3 atom stereocenters. The Hall–Kier alpha value is -1.06. The molecule has 0 aromatic carbocycles. The smallest absolute Gasteiger partial charge is 0.248 e. The molecule has 20 heavy (non-hydrogen) atoms. The zero-order valence-corrected chi connectivity index (χ0v) is 13.2. The van der Waals surface area contributed by atoms with Gasteiger partial charge in [-0.3, -0.25) is 9.59 Å². The number of hydrogen-bond acceptors (Lipinski definition) is 2. The van der Waals surface area contributed by atoms with Gasteiger partial charge >= 0.3 is 0 Å². The van der Waals surface area contributed by atoms with E-state index in [1.54, 1.807) is 0 Å². The van der Waals surface area contributed by atoms with Crippen LogP contribution in [0.25, 0.3) is 0 Å². The van der Waals surface area contributed by atoms with Crippen molar-refractivity contribution in [2.24, 2.45) is 11.8 Å². The minimum atomic E-state index is -0.725. The first-order valence-electron chi connectivity index (χ1n) is 7.97. The molecule has 0 spiro atoms. The molecule has 1 heterocycles. The molecule has 0 aromatic heterocycles. The Bertz CT molecular complexity index is 386. The molecule has 114 valence electrons. The van der Waals surface area contributed by atoms with Gasteiger partial charge in [0.25, 0.3) is 0 Å². The van der Waals surface area contributed by atoms with Gasteiger partial charge in [0, 0.05) is 19.0 Å². The maximum Gasteiger partial charge on any atom is 0.248 e. The van der Waals surface area contributed by atoms with Crippen molar-refractivity contribution < 1.29 is 9.59 Å². The molecule has 0 bridgehead atoms. The summed E-state index contributed by atoms with van der Waals surface area (Å²) in [5.41, 5.74) is -0.725. The van der Waals surface area contributed by atoms with Gasteiger partial charge in [-0.1, -0.05) is 20.8 Å². The highest BCUT2D eigenvalue weighted by Gasteiger charge is 2.42.